The van der Waals surface area contributed by atoms with E-state index >= 15 is 8.42 Å². The highest BCUT2D eigenvalue weighted by Crippen LogP contribution is 2.49. The summed E-state index contributed by atoms with van der Waals surface area (Å²) < 4.78 is 31.8. The summed E-state index contributed by atoms with van der Waals surface area (Å²) in [6, 6.07) is 33.1. The van der Waals surface area contributed by atoms with Crippen molar-refractivity contribution in [2.45, 2.75) is 48.3 Å². The van der Waals surface area contributed by atoms with Crippen LogP contribution in [0.4, 0.5) is 11.4 Å². The second-order valence-corrected chi connectivity index (χ2v) is 18.2. The van der Waals surface area contributed by atoms with Crippen molar-refractivity contribution in [2.24, 2.45) is 0 Å². The maximum Gasteiger partial charge on any atom is 0.172 e. The van der Waals surface area contributed by atoms with E-state index in [-0.39, 0.29) is 0 Å². The molecule has 4 aromatic carbocycles. The molecule has 0 aromatic heterocycles. The van der Waals surface area contributed by atoms with E-state index in [9.17, 15) is 0 Å². The Balaban J connectivity index is 1.51. The standard InChI is InChI=1S/C48H58N4O2S/c1-35-15-11-13-17-43(35)47(51(7)8)31-27-39(28-32-47)45(37-19-23-41(24-20-37)49(3)4)55(53,54)46(38-21-25-42(26-22-38)50(5)6)40-29-33-48(34-30-40,52(9)10)44-18-14-12-16-36(44)2/h11-31,33,45-46H,32,34H2,1-10H3. The van der Waals surface area contributed by atoms with Crippen LogP contribution >= 0.6 is 0 Å². The van der Waals surface area contributed by atoms with Gasteiger partial charge >= 0.3 is 0 Å². The molecule has 0 spiro atoms. The van der Waals surface area contributed by atoms with Crippen LogP contribution in [0.3, 0.4) is 0 Å². The molecule has 55 heavy (non-hydrogen) atoms. The van der Waals surface area contributed by atoms with E-state index in [0.717, 1.165) is 33.6 Å². The van der Waals surface area contributed by atoms with Gasteiger partial charge < -0.3 is 9.80 Å². The number of anilines is 2. The number of hydrogen-bond donors (Lipinski definition) is 0. The van der Waals surface area contributed by atoms with Crippen LogP contribution in [0.1, 0.15) is 56.7 Å². The molecule has 4 atom stereocenters. The molecular weight excluding hydrogens is 697 g/mol. The van der Waals surface area contributed by atoms with Gasteiger partial charge in [-0.2, -0.15) is 0 Å². The van der Waals surface area contributed by atoms with Crippen LogP contribution in [0.5, 0.6) is 0 Å². The maximum atomic E-state index is 15.9. The first kappa shape index (κ1) is 40.0. The zero-order valence-corrected chi connectivity index (χ0v) is 35.1. The van der Waals surface area contributed by atoms with E-state index in [4.69, 9.17) is 0 Å². The maximum absolute atomic E-state index is 15.9. The molecule has 0 radical (unpaired) electrons. The summed E-state index contributed by atoms with van der Waals surface area (Å²) in [6.07, 6.45) is 14.2. The minimum absolute atomic E-state index is 0.404. The number of likely N-dealkylation sites (N-methyl/N-ethyl adjacent to an activating group) is 2. The number of rotatable bonds is 12. The highest BCUT2D eigenvalue weighted by Gasteiger charge is 2.44. The van der Waals surface area contributed by atoms with Crippen molar-refractivity contribution in [3.05, 3.63) is 178 Å². The van der Waals surface area contributed by atoms with Crippen molar-refractivity contribution in [1.82, 2.24) is 9.80 Å². The van der Waals surface area contributed by atoms with Gasteiger partial charge in [-0.1, -0.05) is 109 Å². The highest BCUT2D eigenvalue weighted by molar-refractivity contribution is 7.92. The fraction of sp³-hybridized carbons (Fsp3) is 0.333. The Bertz CT molecular complexity index is 2080. The molecule has 0 N–H and O–H groups in total. The Morgan fingerprint density at radius 2 is 0.855 bits per heavy atom. The lowest BCUT2D eigenvalue weighted by Crippen LogP contribution is -2.41. The average Bonchev–Trinajstić information content (AvgIpc) is 3.16. The lowest BCUT2D eigenvalue weighted by atomic mass is 9.78. The third-order valence-electron chi connectivity index (χ3n) is 11.9. The van der Waals surface area contributed by atoms with Crippen molar-refractivity contribution in [3.8, 4) is 0 Å². The van der Waals surface area contributed by atoms with E-state index in [0.29, 0.717) is 12.8 Å². The lowest BCUT2D eigenvalue weighted by Gasteiger charge is -2.42. The second kappa shape index (κ2) is 15.8. The summed E-state index contributed by atoms with van der Waals surface area (Å²) in [7, 11) is 12.4. The molecule has 0 amide bonds. The number of allylic oxidation sites excluding steroid dienone is 2. The van der Waals surface area contributed by atoms with Crippen LogP contribution in [0.25, 0.3) is 0 Å². The predicted octanol–water partition coefficient (Wildman–Crippen LogP) is 9.32. The summed E-state index contributed by atoms with van der Waals surface area (Å²) in [5, 5.41) is -1.80. The smallest absolute Gasteiger partial charge is 0.172 e. The molecule has 0 saturated carbocycles. The van der Waals surface area contributed by atoms with Gasteiger partial charge in [0.1, 0.15) is 10.5 Å². The molecule has 0 bridgehead atoms. The summed E-state index contributed by atoms with van der Waals surface area (Å²) in [6.45, 7) is 4.30. The molecule has 0 fully saturated rings. The Hall–Kier alpha value is -4.69. The van der Waals surface area contributed by atoms with Crippen LogP contribution in [-0.2, 0) is 20.9 Å². The van der Waals surface area contributed by atoms with Gasteiger partial charge in [-0.3, -0.25) is 9.80 Å². The summed E-state index contributed by atoms with van der Waals surface area (Å²) in [5.41, 5.74) is 9.18. The summed E-state index contributed by atoms with van der Waals surface area (Å²) >= 11 is 0. The predicted molar refractivity (Wildman–Crippen MR) is 233 cm³/mol. The first-order valence-electron chi connectivity index (χ1n) is 19.2. The minimum atomic E-state index is -3.99. The number of nitrogens with zero attached hydrogens (tertiary/aromatic N) is 4. The quantitative estimate of drug-likeness (QED) is 0.144. The van der Waals surface area contributed by atoms with Crippen molar-refractivity contribution in [1.29, 1.82) is 0 Å². The Labute approximate surface area is 330 Å². The molecule has 0 aliphatic heterocycles. The van der Waals surface area contributed by atoms with Gasteiger partial charge in [-0.25, -0.2) is 8.42 Å². The largest absolute Gasteiger partial charge is 0.378 e. The Kier molecular flexibility index (Phi) is 11.5. The normalized spacial score (nSPS) is 20.9. The van der Waals surface area contributed by atoms with Gasteiger partial charge in [0.25, 0.3) is 0 Å². The molecule has 6 nitrogen and oxygen atoms in total. The summed E-state index contributed by atoms with van der Waals surface area (Å²) in [5.74, 6) is 0. The van der Waals surface area contributed by atoms with Gasteiger partial charge in [0.2, 0.25) is 0 Å². The molecule has 7 heteroatoms. The summed E-state index contributed by atoms with van der Waals surface area (Å²) in [4.78, 5) is 8.57. The minimum Gasteiger partial charge on any atom is -0.378 e. The van der Waals surface area contributed by atoms with E-state index in [1.54, 1.807) is 0 Å². The molecule has 0 saturated heterocycles. The molecule has 4 unspecified atom stereocenters. The number of sulfone groups is 1. The Morgan fingerprint density at radius 3 is 1.13 bits per heavy atom. The van der Waals surface area contributed by atoms with Crippen LogP contribution < -0.4 is 9.80 Å². The van der Waals surface area contributed by atoms with Gasteiger partial charge in [0.15, 0.2) is 9.84 Å². The van der Waals surface area contributed by atoms with Gasteiger partial charge in [-0.15, -0.1) is 0 Å². The van der Waals surface area contributed by atoms with Crippen molar-refractivity contribution in [2.75, 3.05) is 66.2 Å². The fourth-order valence-electron chi connectivity index (χ4n) is 8.51. The van der Waals surface area contributed by atoms with Gasteiger partial charge in [0, 0.05) is 39.6 Å². The molecule has 6 rings (SSSR count). The molecule has 2 aliphatic rings. The fourth-order valence-corrected chi connectivity index (χ4v) is 11.0. The third-order valence-corrected chi connectivity index (χ3v) is 14.3. The first-order valence-corrected chi connectivity index (χ1v) is 20.8. The number of hydrogen-bond acceptors (Lipinski definition) is 6. The molecule has 0 heterocycles. The van der Waals surface area contributed by atoms with Crippen LogP contribution in [0, 0.1) is 13.8 Å². The van der Waals surface area contributed by atoms with E-state index in [1.165, 1.54) is 22.3 Å². The first-order chi connectivity index (χ1) is 26.1. The zero-order valence-electron chi connectivity index (χ0n) is 34.3. The van der Waals surface area contributed by atoms with Crippen LogP contribution in [-0.4, -0.2) is 74.6 Å². The van der Waals surface area contributed by atoms with Crippen LogP contribution in [0.15, 0.2) is 145 Å². The highest BCUT2D eigenvalue weighted by atomic mass is 32.2. The Morgan fingerprint density at radius 1 is 0.509 bits per heavy atom. The van der Waals surface area contributed by atoms with Crippen molar-refractivity contribution < 1.29 is 8.42 Å². The molecule has 4 aromatic rings. The monoisotopic (exact) mass is 754 g/mol. The van der Waals surface area contributed by atoms with E-state index < -0.39 is 31.4 Å². The van der Waals surface area contributed by atoms with Crippen molar-refractivity contribution >= 4 is 21.2 Å². The zero-order chi connectivity index (χ0) is 39.7. The van der Waals surface area contributed by atoms with E-state index in [2.05, 4.69) is 137 Å². The van der Waals surface area contributed by atoms with Crippen LogP contribution in [0.2, 0.25) is 0 Å². The third kappa shape index (κ3) is 7.50. The number of benzene rings is 4. The average molecular weight is 755 g/mol. The van der Waals surface area contributed by atoms with Gasteiger partial charge in [0.05, 0.1) is 11.1 Å². The molecule has 288 valence electrons. The van der Waals surface area contributed by atoms with Crippen molar-refractivity contribution in [3.63, 3.8) is 0 Å². The lowest BCUT2D eigenvalue weighted by molar-refractivity contribution is 0.208. The topological polar surface area (TPSA) is 47.1 Å². The van der Waals surface area contributed by atoms with Gasteiger partial charge in [-0.05, 0) is 124 Å². The molecular formula is C48H58N4O2S. The molecule has 2 aliphatic carbocycles. The second-order valence-electron chi connectivity index (χ2n) is 16.1. The SMILES string of the molecule is Cc1ccccc1C1(N(C)C)C=CC(C(c2ccc(N(C)C)cc2)S(=O)(=O)C(C2=CCC(c3ccccc3C)(N(C)C)C=C2)c2ccc(N(C)C)cc2)=CC1. The van der Waals surface area contributed by atoms with E-state index in [1.807, 2.05) is 86.5 Å². The number of aryl methyl sites for hydroxylation is 2.